The topological polar surface area (TPSA) is 68.3 Å². The van der Waals surface area contributed by atoms with Gasteiger partial charge in [0.2, 0.25) is 4.77 Å². The monoisotopic (exact) mass is 318 g/mol. The molecule has 0 amide bonds. The van der Waals surface area contributed by atoms with Crippen molar-refractivity contribution in [1.29, 1.82) is 0 Å². The summed E-state index contributed by atoms with van der Waals surface area (Å²) in [6.07, 6.45) is 4.83. The normalized spacial score (nSPS) is 27.8. The fourth-order valence-corrected chi connectivity index (χ4v) is 3.06. The van der Waals surface area contributed by atoms with Gasteiger partial charge in [0.15, 0.2) is 5.82 Å². The lowest BCUT2D eigenvalue weighted by molar-refractivity contribution is 0.102. The minimum absolute atomic E-state index is 0.0374. The molecule has 3 heterocycles. The van der Waals surface area contributed by atoms with Crippen LogP contribution in [0.15, 0.2) is 21.7 Å². The summed E-state index contributed by atoms with van der Waals surface area (Å²) in [6.45, 7) is 2.99. The Labute approximate surface area is 133 Å². The Balaban J connectivity index is 1.56. The molecular weight excluding hydrogens is 300 g/mol. The second-order valence-electron chi connectivity index (χ2n) is 6.00. The van der Waals surface area contributed by atoms with Gasteiger partial charge in [-0.05, 0) is 49.5 Å². The number of ether oxygens (including phenoxy) is 1. The van der Waals surface area contributed by atoms with Crippen LogP contribution in [-0.4, -0.2) is 27.7 Å². The van der Waals surface area contributed by atoms with Crippen molar-refractivity contribution in [3.63, 3.8) is 0 Å². The van der Waals surface area contributed by atoms with Gasteiger partial charge in [-0.3, -0.25) is 5.10 Å². The van der Waals surface area contributed by atoms with Crippen LogP contribution in [0.25, 0.3) is 0 Å². The first-order valence-electron chi connectivity index (χ1n) is 7.65. The van der Waals surface area contributed by atoms with Crippen LogP contribution in [0.1, 0.15) is 55.6 Å². The number of rotatable bonds is 4. The summed E-state index contributed by atoms with van der Waals surface area (Å²) in [5.74, 6) is 3.80. The number of aromatic nitrogens is 3. The summed E-state index contributed by atoms with van der Waals surface area (Å²) in [7, 11) is 0. The standard InChI is InChI=1S/C15H18N4O2S/c1-9-7-11(9)12-5-4-10(21-12)8-16-19-14(17-18-15(19)22)13-3-2-6-20-13/h4-5,8-9,11,13H,2-3,6-7H2,1H3,(H,18,22)/b16-8-/t9-,11-,13+/m1/s1. The zero-order chi connectivity index (χ0) is 15.1. The Morgan fingerprint density at radius 2 is 2.36 bits per heavy atom. The number of H-pyrrole nitrogens is 1. The van der Waals surface area contributed by atoms with Crippen molar-refractivity contribution in [1.82, 2.24) is 14.9 Å². The Kier molecular flexibility index (Phi) is 3.46. The highest BCUT2D eigenvalue weighted by molar-refractivity contribution is 7.71. The molecule has 4 rings (SSSR count). The summed E-state index contributed by atoms with van der Waals surface area (Å²) >= 11 is 5.24. The summed E-state index contributed by atoms with van der Waals surface area (Å²) in [5, 5.41) is 11.4. The van der Waals surface area contributed by atoms with E-state index in [1.54, 1.807) is 10.9 Å². The minimum atomic E-state index is -0.0374. The van der Waals surface area contributed by atoms with Crippen molar-refractivity contribution in [2.45, 2.75) is 38.2 Å². The lowest BCUT2D eigenvalue weighted by Crippen LogP contribution is -2.05. The van der Waals surface area contributed by atoms with Gasteiger partial charge in [0, 0.05) is 12.5 Å². The molecule has 1 aliphatic carbocycles. The van der Waals surface area contributed by atoms with Crippen molar-refractivity contribution in [3.8, 4) is 0 Å². The molecular formula is C15H18N4O2S. The Morgan fingerprint density at radius 3 is 3.09 bits per heavy atom. The lowest BCUT2D eigenvalue weighted by Gasteiger charge is -2.06. The van der Waals surface area contributed by atoms with Crippen molar-refractivity contribution in [2.75, 3.05) is 6.61 Å². The quantitative estimate of drug-likeness (QED) is 0.693. The van der Waals surface area contributed by atoms with Crippen LogP contribution in [0, 0.1) is 10.7 Å². The van der Waals surface area contributed by atoms with Crippen molar-refractivity contribution in [2.24, 2.45) is 11.0 Å². The molecule has 2 aromatic rings. The molecule has 6 nitrogen and oxygen atoms in total. The van der Waals surface area contributed by atoms with Gasteiger partial charge in [-0.2, -0.15) is 14.9 Å². The number of nitrogens with zero attached hydrogens (tertiary/aromatic N) is 3. The van der Waals surface area contributed by atoms with Gasteiger partial charge in [-0.25, -0.2) is 0 Å². The first-order chi connectivity index (χ1) is 10.7. The van der Waals surface area contributed by atoms with E-state index in [1.165, 1.54) is 6.42 Å². The van der Waals surface area contributed by atoms with E-state index in [2.05, 4.69) is 22.2 Å². The average Bonchev–Trinajstić information content (AvgIpc) is 2.99. The highest BCUT2D eigenvalue weighted by Crippen LogP contribution is 2.47. The molecule has 2 aliphatic rings. The smallest absolute Gasteiger partial charge is 0.216 e. The molecule has 22 heavy (non-hydrogen) atoms. The van der Waals surface area contributed by atoms with Gasteiger partial charge in [-0.1, -0.05) is 6.92 Å². The maximum atomic E-state index is 5.82. The average molecular weight is 318 g/mol. The van der Waals surface area contributed by atoms with Gasteiger partial charge in [-0.15, -0.1) is 0 Å². The molecule has 0 unspecified atom stereocenters. The second-order valence-corrected chi connectivity index (χ2v) is 6.39. The van der Waals surface area contributed by atoms with Crippen LogP contribution in [0.3, 0.4) is 0 Å². The molecule has 0 aromatic carbocycles. The predicted octanol–water partition coefficient (Wildman–Crippen LogP) is 3.39. The second kappa shape index (κ2) is 5.48. The largest absolute Gasteiger partial charge is 0.460 e. The molecule has 0 bridgehead atoms. The van der Waals surface area contributed by atoms with E-state index in [4.69, 9.17) is 21.4 Å². The van der Waals surface area contributed by atoms with Crippen LogP contribution in [-0.2, 0) is 4.74 Å². The van der Waals surface area contributed by atoms with E-state index in [9.17, 15) is 0 Å². The van der Waals surface area contributed by atoms with E-state index in [1.807, 2.05) is 12.1 Å². The van der Waals surface area contributed by atoms with Crippen LogP contribution in [0.2, 0.25) is 0 Å². The number of hydrogen-bond donors (Lipinski definition) is 1. The third kappa shape index (κ3) is 2.55. The lowest BCUT2D eigenvalue weighted by atomic mass is 10.2. The number of furan rings is 1. The molecule has 1 aliphatic heterocycles. The number of aromatic amines is 1. The van der Waals surface area contributed by atoms with Gasteiger partial charge in [0.25, 0.3) is 0 Å². The Morgan fingerprint density at radius 1 is 1.50 bits per heavy atom. The van der Waals surface area contributed by atoms with E-state index >= 15 is 0 Å². The van der Waals surface area contributed by atoms with Gasteiger partial charge in [0.05, 0.1) is 6.21 Å². The van der Waals surface area contributed by atoms with Crippen LogP contribution < -0.4 is 0 Å². The fraction of sp³-hybridized carbons (Fsp3) is 0.533. The molecule has 116 valence electrons. The molecule has 1 saturated carbocycles. The summed E-state index contributed by atoms with van der Waals surface area (Å²) in [6, 6.07) is 3.98. The Bertz CT molecular complexity index is 754. The van der Waals surface area contributed by atoms with Gasteiger partial charge >= 0.3 is 0 Å². The third-order valence-corrected chi connectivity index (χ3v) is 4.58. The van der Waals surface area contributed by atoms with Gasteiger partial charge < -0.3 is 9.15 Å². The molecule has 1 N–H and O–H groups in total. The van der Waals surface area contributed by atoms with Crippen molar-refractivity contribution in [3.05, 3.63) is 34.2 Å². The van der Waals surface area contributed by atoms with Crippen LogP contribution in [0.5, 0.6) is 0 Å². The molecule has 0 spiro atoms. The van der Waals surface area contributed by atoms with Crippen molar-refractivity contribution < 1.29 is 9.15 Å². The van der Waals surface area contributed by atoms with E-state index in [0.29, 0.717) is 10.7 Å². The fourth-order valence-electron chi connectivity index (χ4n) is 2.88. The van der Waals surface area contributed by atoms with E-state index in [-0.39, 0.29) is 6.10 Å². The highest BCUT2D eigenvalue weighted by Gasteiger charge is 2.36. The van der Waals surface area contributed by atoms with Crippen LogP contribution >= 0.6 is 12.2 Å². The highest BCUT2D eigenvalue weighted by atomic mass is 32.1. The van der Waals surface area contributed by atoms with E-state index < -0.39 is 0 Å². The first-order valence-corrected chi connectivity index (χ1v) is 8.06. The predicted molar refractivity (Wildman–Crippen MR) is 83.6 cm³/mol. The number of nitrogens with one attached hydrogen (secondary N) is 1. The molecule has 3 atom stereocenters. The molecule has 0 radical (unpaired) electrons. The van der Waals surface area contributed by atoms with Crippen LogP contribution in [0.4, 0.5) is 0 Å². The summed E-state index contributed by atoms with van der Waals surface area (Å²) < 4.78 is 13.6. The van der Waals surface area contributed by atoms with E-state index in [0.717, 1.165) is 42.7 Å². The van der Waals surface area contributed by atoms with Crippen molar-refractivity contribution >= 4 is 18.4 Å². The zero-order valence-corrected chi connectivity index (χ0v) is 13.2. The molecule has 2 aromatic heterocycles. The molecule has 2 fully saturated rings. The third-order valence-electron chi connectivity index (χ3n) is 4.32. The Hall–Kier alpha value is -1.73. The van der Waals surface area contributed by atoms with Gasteiger partial charge in [0.1, 0.15) is 17.6 Å². The molecule has 1 saturated heterocycles. The number of hydrogen-bond acceptors (Lipinski definition) is 5. The maximum absolute atomic E-state index is 5.82. The minimum Gasteiger partial charge on any atom is -0.460 e. The maximum Gasteiger partial charge on any atom is 0.216 e. The molecule has 7 heteroatoms. The zero-order valence-electron chi connectivity index (χ0n) is 12.4. The summed E-state index contributed by atoms with van der Waals surface area (Å²) in [4.78, 5) is 0. The SMILES string of the molecule is C[C@@H]1C[C@H]1c1ccc(/C=N\n2c([C@@H]3CCCO3)n[nH]c2=S)o1. The first kappa shape index (κ1) is 13.9. The summed E-state index contributed by atoms with van der Waals surface area (Å²) in [5.41, 5.74) is 0.